The van der Waals surface area contributed by atoms with Crippen LogP contribution in [-0.4, -0.2) is 48.7 Å². The molecule has 0 N–H and O–H groups in total. The Bertz CT molecular complexity index is 574. The van der Waals surface area contributed by atoms with Gasteiger partial charge in [-0.15, -0.1) is 0 Å². The summed E-state index contributed by atoms with van der Waals surface area (Å²) in [5, 5.41) is 9.03. The topological polar surface area (TPSA) is 56.6 Å². The fourth-order valence-electron chi connectivity index (χ4n) is 3.11. The molecule has 1 amide bonds. The lowest BCUT2D eigenvalue weighted by atomic mass is 9.98. The number of ether oxygens (including phenoxy) is 1. The van der Waals surface area contributed by atoms with Crippen molar-refractivity contribution in [3.63, 3.8) is 0 Å². The lowest BCUT2D eigenvalue weighted by Crippen LogP contribution is -2.46. The first kappa shape index (κ1) is 17.3. The van der Waals surface area contributed by atoms with Gasteiger partial charge in [-0.3, -0.25) is 4.90 Å². The third kappa shape index (κ3) is 4.23. The second kappa shape index (κ2) is 7.98. The minimum Gasteiger partial charge on any atom is -0.450 e. The van der Waals surface area contributed by atoms with Crippen LogP contribution in [0.2, 0.25) is 0 Å². The van der Waals surface area contributed by atoms with Crippen LogP contribution in [0.5, 0.6) is 0 Å². The molecular formula is C18H25N3O2. The summed E-state index contributed by atoms with van der Waals surface area (Å²) in [5.74, 6) is 0. The average molecular weight is 315 g/mol. The Hall–Kier alpha value is -2.06. The van der Waals surface area contributed by atoms with E-state index in [1.165, 1.54) is 5.56 Å². The maximum absolute atomic E-state index is 11.8. The van der Waals surface area contributed by atoms with E-state index in [0.717, 1.165) is 25.9 Å². The molecular weight excluding hydrogens is 290 g/mol. The number of carbonyl (C=O) groups is 1. The van der Waals surface area contributed by atoms with Crippen LogP contribution < -0.4 is 0 Å². The van der Waals surface area contributed by atoms with Crippen LogP contribution in [0.25, 0.3) is 0 Å². The van der Waals surface area contributed by atoms with Gasteiger partial charge < -0.3 is 9.64 Å². The maximum atomic E-state index is 11.8. The van der Waals surface area contributed by atoms with Crippen molar-refractivity contribution in [2.45, 2.75) is 38.8 Å². The minimum atomic E-state index is -0.235. The molecule has 1 fully saturated rings. The summed E-state index contributed by atoms with van der Waals surface area (Å²) in [6.45, 7) is 6.28. The highest BCUT2D eigenvalue weighted by Crippen LogP contribution is 2.26. The summed E-state index contributed by atoms with van der Waals surface area (Å²) in [7, 11) is 1.82. The van der Waals surface area contributed by atoms with Crippen molar-refractivity contribution < 1.29 is 9.53 Å². The van der Waals surface area contributed by atoms with Crippen molar-refractivity contribution in [2.75, 3.05) is 26.7 Å². The summed E-state index contributed by atoms with van der Waals surface area (Å²) in [6.07, 6.45) is 1.65. The zero-order chi connectivity index (χ0) is 16.8. The average Bonchev–Trinajstić information content (AvgIpc) is 2.60. The van der Waals surface area contributed by atoms with Gasteiger partial charge in [0.05, 0.1) is 18.2 Å². The zero-order valence-electron chi connectivity index (χ0n) is 14.2. The number of nitrogens with zero attached hydrogens (tertiary/aromatic N) is 3. The molecule has 1 aliphatic rings. The van der Waals surface area contributed by atoms with Gasteiger partial charge in [0, 0.05) is 32.2 Å². The van der Waals surface area contributed by atoms with Gasteiger partial charge in [-0.2, -0.15) is 5.26 Å². The summed E-state index contributed by atoms with van der Waals surface area (Å²) < 4.78 is 5.07. The lowest BCUT2D eigenvalue weighted by Gasteiger charge is -2.39. The van der Waals surface area contributed by atoms with Gasteiger partial charge in [-0.05, 0) is 44.4 Å². The van der Waals surface area contributed by atoms with Gasteiger partial charge in [-0.1, -0.05) is 12.1 Å². The number of hydrogen-bond acceptors (Lipinski definition) is 4. The predicted molar refractivity (Wildman–Crippen MR) is 89.0 cm³/mol. The van der Waals surface area contributed by atoms with Crippen LogP contribution in [0.4, 0.5) is 4.79 Å². The Morgan fingerprint density at radius 3 is 2.78 bits per heavy atom. The monoisotopic (exact) mass is 315 g/mol. The number of rotatable bonds is 4. The molecule has 1 aromatic carbocycles. The molecule has 1 heterocycles. The first-order valence-electron chi connectivity index (χ1n) is 8.20. The van der Waals surface area contributed by atoms with Gasteiger partial charge in [0.25, 0.3) is 0 Å². The highest BCUT2D eigenvalue weighted by Gasteiger charge is 2.28. The van der Waals surface area contributed by atoms with E-state index in [-0.39, 0.29) is 18.2 Å². The van der Waals surface area contributed by atoms with Crippen molar-refractivity contribution in [1.29, 1.82) is 5.26 Å². The van der Waals surface area contributed by atoms with Crippen LogP contribution >= 0.6 is 0 Å². The van der Waals surface area contributed by atoms with Gasteiger partial charge in [0.1, 0.15) is 0 Å². The lowest BCUT2D eigenvalue weighted by molar-refractivity contribution is 0.0720. The number of likely N-dealkylation sites (tertiary alicyclic amines) is 1. The third-order valence-corrected chi connectivity index (χ3v) is 4.65. The quantitative estimate of drug-likeness (QED) is 0.856. The molecule has 0 aromatic heterocycles. The van der Waals surface area contributed by atoms with E-state index < -0.39 is 0 Å². The van der Waals surface area contributed by atoms with Crippen LogP contribution in [0.15, 0.2) is 24.3 Å². The van der Waals surface area contributed by atoms with E-state index in [1.807, 2.05) is 32.2 Å². The molecule has 0 radical (unpaired) electrons. The molecule has 23 heavy (non-hydrogen) atoms. The van der Waals surface area contributed by atoms with Crippen molar-refractivity contribution in [1.82, 2.24) is 9.80 Å². The first-order chi connectivity index (χ1) is 11.1. The summed E-state index contributed by atoms with van der Waals surface area (Å²) in [6, 6.07) is 10.5. The van der Waals surface area contributed by atoms with Crippen molar-refractivity contribution >= 4 is 6.09 Å². The normalized spacial score (nSPS) is 17.3. The molecule has 1 aliphatic heterocycles. The maximum Gasteiger partial charge on any atom is 0.409 e. The molecule has 124 valence electrons. The minimum absolute atomic E-state index is 0.235. The van der Waals surface area contributed by atoms with E-state index in [0.29, 0.717) is 12.2 Å². The Morgan fingerprint density at radius 2 is 2.17 bits per heavy atom. The van der Waals surface area contributed by atoms with E-state index >= 15 is 0 Å². The van der Waals surface area contributed by atoms with Gasteiger partial charge >= 0.3 is 6.09 Å². The molecule has 5 nitrogen and oxygen atoms in total. The standard InChI is InChI=1S/C18H25N3O2/c1-4-23-18(22)20(3)17-8-10-21(11-9-17)14(2)16-7-5-6-15(12-16)13-19/h5-7,12,14,17H,4,8-11H2,1-3H3/t14-/m1/s1. The molecule has 1 saturated heterocycles. The van der Waals surface area contributed by atoms with Crippen molar-refractivity contribution in [3.05, 3.63) is 35.4 Å². The SMILES string of the molecule is CCOC(=O)N(C)C1CCN([C@H](C)c2cccc(C#N)c2)CC1. The Balaban J connectivity index is 1.93. The first-order valence-corrected chi connectivity index (χ1v) is 8.20. The second-order valence-corrected chi connectivity index (χ2v) is 5.99. The molecule has 0 unspecified atom stereocenters. The number of hydrogen-bond donors (Lipinski definition) is 0. The highest BCUT2D eigenvalue weighted by molar-refractivity contribution is 5.67. The zero-order valence-corrected chi connectivity index (χ0v) is 14.2. The summed E-state index contributed by atoms with van der Waals surface area (Å²) >= 11 is 0. The molecule has 0 aliphatic carbocycles. The van der Waals surface area contributed by atoms with Gasteiger partial charge in [0.2, 0.25) is 0 Å². The number of amides is 1. The van der Waals surface area contributed by atoms with Crippen LogP contribution in [0, 0.1) is 11.3 Å². The highest BCUT2D eigenvalue weighted by atomic mass is 16.6. The molecule has 0 spiro atoms. The van der Waals surface area contributed by atoms with Crippen LogP contribution in [-0.2, 0) is 4.74 Å². The van der Waals surface area contributed by atoms with Gasteiger partial charge in [0.15, 0.2) is 0 Å². The van der Waals surface area contributed by atoms with E-state index in [9.17, 15) is 4.79 Å². The smallest absolute Gasteiger partial charge is 0.409 e. The summed E-state index contributed by atoms with van der Waals surface area (Å²) in [5.41, 5.74) is 1.87. The number of carbonyl (C=O) groups excluding carboxylic acids is 1. The molecule has 5 heteroatoms. The Kier molecular flexibility index (Phi) is 6.00. The number of benzene rings is 1. The third-order valence-electron chi connectivity index (χ3n) is 4.65. The van der Waals surface area contributed by atoms with Gasteiger partial charge in [-0.25, -0.2) is 4.79 Å². The Morgan fingerprint density at radius 1 is 1.48 bits per heavy atom. The number of piperidine rings is 1. The van der Waals surface area contributed by atoms with Crippen molar-refractivity contribution in [3.8, 4) is 6.07 Å². The number of nitriles is 1. The Labute approximate surface area is 138 Å². The molecule has 1 aromatic rings. The molecule has 0 saturated carbocycles. The van der Waals surface area contributed by atoms with Crippen LogP contribution in [0.3, 0.4) is 0 Å². The molecule has 0 bridgehead atoms. The molecule has 1 atom stereocenters. The van der Waals surface area contributed by atoms with E-state index in [4.69, 9.17) is 10.00 Å². The van der Waals surface area contributed by atoms with E-state index in [1.54, 1.807) is 4.90 Å². The largest absolute Gasteiger partial charge is 0.450 e. The van der Waals surface area contributed by atoms with E-state index in [2.05, 4.69) is 24.0 Å². The van der Waals surface area contributed by atoms with Crippen molar-refractivity contribution in [2.24, 2.45) is 0 Å². The fourth-order valence-corrected chi connectivity index (χ4v) is 3.11. The fraction of sp³-hybridized carbons (Fsp3) is 0.556. The summed E-state index contributed by atoms with van der Waals surface area (Å²) in [4.78, 5) is 15.9. The predicted octanol–water partition coefficient (Wildman–Crippen LogP) is 3.17. The second-order valence-electron chi connectivity index (χ2n) is 5.99. The van der Waals surface area contributed by atoms with Crippen LogP contribution in [0.1, 0.15) is 43.9 Å². The molecule has 2 rings (SSSR count).